The van der Waals surface area contributed by atoms with Crippen LogP contribution < -0.4 is 5.32 Å². The van der Waals surface area contributed by atoms with E-state index in [9.17, 15) is 8.42 Å². The van der Waals surface area contributed by atoms with Crippen molar-refractivity contribution >= 4 is 10.0 Å². The van der Waals surface area contributed by atoms with Crippen molar-refractivity contribution in [3.63, 3.8) is 0 Å². The molecule has 2 N–H and O–H groups in total. The van der Waals surface area contributed by atoms with Crippen LogP contribution in [-0.2, 0) is 21.3 Å². The lowest BCUT2D eigenvalue weighted by atomic mass is 10.3. The van der Waals surface area contributed by atoms with E-state index in [4.69, 9.17) is 4.74 Å². The van der Waals surface area contributed by atoms with E-state index in [2.05, 4.69) is 22.4 Å². The highest BCUT2D eigenvalue weighted by Crippen LogP contribution is 2.24. The summed E-state index contributed by atoms with van der Waals surface area (Å²) in [6, 6.07) is 0. The number of hydrogen-bond donors (Lipinski definition) is 2. The summed E-state index contributed by atoms with van der Waals surface area (Å²) in [4.78, 5) is 0.306. The number of H-pyrrole nitrogens is 1. The van der Waals surface area contributed by atoms with Crippen molar-refractivity contribution in [3.05, 3.63) is 11.4 Å². The number of nitrogens with one attached hydrogen (secondary N) is 2. The molecule has 1 aromatic heterocycles. The molecule has 0 bridgehead atoms. The van der Waals surface area contributed by atoms with Crippen LogP contribution in [0.5, 0.6) is 0 Å². The van der Waals surface area contributed by atoms with Gasteiger partial charge in [-0.2, -0.15) is 9.40 Å². The molecule has 0 aliphatic carbocycles. The molecule has 2 heterocycles. The van der Waals surface area contributed by atoms with Crippen molar-refractivity contribution in [2.45, 2.75) is 44.7 Å². The zero-order valence-corrected chi connectivity index (χ0v) is 13.7. The third kappa shape index (κ3) is 3.63. The molecule has 2 rings (SSSR count). The zero-order valence-electron chi connectivity index (χ0n) is 12.8. The van der Waals surface area contributed by atoms with Gasteiger partial charge in [-0.3, -0.25) is 5.10 Å². The minimum absolute atomic E-state index is 0.0811. The molecule has 1 fully saturated rings. The lowest BCUT2D eigenvalue weighted by molar-refractivity contribution is 0.0101. The second-order valence-corrected chi connectivity index (χ2v) is 7.22. The van der Waals surface area contributed by atoms with Crippen LogP contribution in [0.3, 0.4) is 0 Å². The molecule has 0 saturated carbocycles. The maximum atomic E-state index is 12.9. The molecule has 0 aromatic carbocycles. The summed E-state index contributed by atoms with van der Waals surface area (Å²) in [5, 5.41) is 10.1. The van der Waals surface area contributed by atoms with Gasteiger partial charge in [0.15, 0.2) is 0 Å². The lowest BCUT2D eigenvalue weighted by Crippen LogP contribution is -2.44. The summed E-state index contributed by atoms with van der Waals surface area (Å²) in [5.41, 5.74) is 1.14. The van der Waals surface area contributed by atoms with Gasteiger partial charge >= 0.3 is 0 Å². The molecular formula is C13H24N4O3S. The Kier molecular flexibility index (Phi) is 5.37. The van der Waals surface area contributed by atoms with Crippen molar-refractivity contribution in [1.82, 2.24) is 19.8 Å². The summed E-state index contributed by atoms with van der Waals surface area (Å²) >= 11 is 0. The smallest absolute Gasteiger partial charge is 0.246 e. The molecule has 0 spiro atoms. The van der Waals surface area contributed by atoms with Crippen LogP contribution in [0.1, 0.15) is 31.7 Å². The molecule has 0 amide bonds. The number of rotatable bonds is 6. The predicted molar refractivity (Wildman–Crippen MR) is 79.5 cm³/mol. The average Bonchev–Trinajstić information content (AvgIpc) is 2.81. The van der Waals surface area contributed by atoms with E-state index in [-0.39, 0.29) is 6.10 Å². The first-order valence-electron chi connectivity index (χ1n) is 7.33. The van der Waals surface area contributed by atoms with Gasteiger partial charge in [-0.15, -0.1) is 0 Å². The number of hydrogen-bond acceptors (Lipinski definition) is 5. The standard InChI is InChI=1S/C13H24N4O3S/c1-4-5-14-8-12-13(11(3)15-16-12)21(18,19)17-6-7-20-10(2)9-17/h10,14H,4-9H2,1-3H3,(H,15,16). The predicted octanol–water partition coefficient (Wildman–Crippen LogP) is 0.627. The fourth-order valence-electron chi connectivity index (χ4n) is 2.45. The van der Waals surface area contributed by atoms with Crippen LogP contribution in [0.25, 0.3) is 0 Å². The fraction of sp³-hybridized carbons (Fsp3) is 0.769. The molecule has 1 aliphatic heterocycles. The number of aromatic nitrogens is 2. The highest BCUT2D eigenvalue weighted by atomic mass is 32.2. The Labute approximate surface area is 126 Å². The highest BCUT2D eigenvalue weighted by Gasteiger charge is 2.33. The maximum absolute atomic E-state index is 12.9. The molecule has 8 heteroatoms. The summed E-state index contributed by atoms with van der Waals surface area (Å²) in [5.74, 6) is 0. The SMILES string of the molecule is CCCNCc1n[nH]c(C)c1S(=O)(=O)N1CCOC(C)C1. The number of morpholine rings is 1. The van der Waals surface area contributed by atoms with Crippen molar-refractivity contribution in [3.8, 4) is 0 Å². The van der Waals surface area contributed by atoms with Gasteiger partial charge < -0.3 is 10.1 Å². The van der Waals surface area contributed by atoms with Crippen molar-refractivity contribution in [1.29, 1.82) is 0 Å². The van der Waals surface area contributed by atoms with E-state index < -0.39 is 10.0 Å². The Bertz CT molecular complexity index is 570. The van der Waals surface area contributed by atoms with Crippen molar-refractivity contribution < 1.29 is 13.2 Å². The summed E-state index contributed by atoms with van der Waals surface area (Å²) in [6.45, 7) is 8.18. The van der Waals surface area contributed by atoms with E-state index in [1.54, 1.807) is 6.92 Å². The first kappa shape index (κ1) is 16.4. The van der Waals surface area contributed by atoms with Gasteiger partial charge in [0.1, 0.15) is 4.90 Å². The van der Waals surface area contributed by atoms with Gasteiger partial charge in [-0.1, -0.05) is 6.92 Å². The zero-order chi connectivity index (χ0) is 15.5. The van der Waals surface area contributed by atoms with Crippen LogP contribution >= 0.6 is 0 Å². The summed E-state index contributed by atoms with van der Waals surface area (Å²) < 4.78 is 32.6. The molecule has 1 aliphatic rings. The Morgan fingerprint density at radius 1 is 1.52 bits per heavy atom. The Morgan fingerprint density at radius 2 is 2.29 bits per heavy atom. The second-order valence-electron chi connectivity index (χ2n) is 5.35. The van der Waals surface area contributed by atoms with E-state index in [0.29, 0.717) is 42.5 Å². The van der Waals surface area contributed by atoms with Crippen LogP contribution in [0, 0.1) is 6.92 Å². The topological polar surface area (TPSA) is 87.3 Å². The van der Waals surface area contributed by atoms with Crippen LogP contribution in [0.15, 0.2) is 4.90 Å². The average molecular weight is 316 g/mol. The Hall–Kier alpha value is -0.960. The number of aryl methyl sites for hydroxylation is 1. The monoisotopic (exact) mass is 316 g/mol. The Balaban J connectivity index is 2.24. The molecular weight excluding hydrogens is 292 g/mol. The third-order valence-corrected chi connectivity index (χ3v) is 5.55. The van der Waals surface area contributed by atoms with Gasteiger partial charge in [-0.25, -0.2) is 8.42 Å². The first-order chi connectivity index (χ1) is 9.96. The second kappa shape index (κ2) is 6.87. The van der Waals surface area contributed by atoms with Gasteiger partial charge in [0.2, 0.25) is 10.0 Å². The number of ether oxygens (including phenoxy) is 1. The molecule has 7 nitrogen and oxygen atoms in total. The van der Waals surface area contributed by atoms with Crippen LogP contribution in [-0.4, -0.2) is 55.3 Å². The minimum Gasteiger partial charge on any atom is -0.376 e. The maximum Gasteiger partial charge on any atom is 0.246 e. The molecule has 1 saturated heterocycles. The van der Waals surface area contributed by atoms with Gasteiger partial charge in [-0.05, 0) is 26.8 Å². The van der Waals surface area contributed by atoms with Crippen LogP contribution in [0.4, 0.5) is 0 Å². The third-order valence-electron chi connectivity index (χ3n) is 3.48. The minimum atomic E-state index is -3.53. The lowest BCUT2D eigenvalue weighted by Gasteiger charge is -2.30. The van der Waals surface area contributed by atoms with E-state index in [1.807, 2.05) is 6.92 Å². The molecule has 21 heavy (non-hydrogen) atoms. The van der Waals surface area contributed by atoms with E-state index in [1.165, 1.54) is 4.31 Å². The largest absolute Gasteiger partial charge is 0.376 e. The first-order valence-corrected chi connectivity index (χ1v) is 8.77. The normalized spacial score (nSPS) is 20.8. The van der Waals surface area contributed by atoms with Gasteiger partial charge in [0.25, 0.3) is 0 Å². The summed E-state index contributed by atoms with van der Waals surface area (Å²) in [6.07, 6.45) is 0.911. The molecule has 1 unspecified atom stereocenters. The highest BCUT2D eigenvalue weighted by molar-refractivity contribution is 7.89. The van der Waals surface area contributed by atoms with E-state index in [0.717, 1.165) is 13.0 Å². The van der Waals surface area contributed by atoms with Crippen LogP contribution in [0.2, 0.25) is 0 Å². The van der Waals surface area contributed by atoms with Gasteiger partial charge in [0, 0.05) is 19.6 Å². The Morgan fingerprint density at radius 3 is 2.95 bits per heavy atom. The van der Waals surface area contributed by atoms with Crippen molar-refractivity contribution in [2.75, 3.05) is 26.2 Å². The number of aromatic amines is 1. The van der Waals surface area contributed by atoms with Crippen molar-refractivity contribution in [2.24, 2.45) is 0 Å². The molecule has 1 aromatic rings. The number of nitrogens with zero attached hydrogens (tertiary/aromatic N) is 2. The fourth-order valence-corrected chi connectivity index (χ4v) is 4.28. The molecule has 1 atom stereocenters. The van der Waals surface area contributed by atoms with E-state index >= 15 is 0 Å². The molecule has 120 valence electrons. The summed E-state index contributed by atoms with van der Waals surface area (Å²) in [7, 11) is -3.53. The van der Waals surface area contributed by atoms with Gasteiger partial charge in [0.05, 0.1) is 24.1 Å². The molecule has 0 radical (unpaired) electrons. The quantitative estimate of drug-likeness (QED) is 0.752. The number of sulfonamides is 1.